The number of fused-ring (bicyclic) bond motifs is 1. The fraction of sp³-hybridized carbons (Fsp3) is 0.500. The molecule has 0 aromatic heterocycles. The highest BCUT2D eigenvalue weighted by atomic mass is 16.6. The first-order chi connectivity index (χ1) is 9.59. The van der Waals surface area contributed by atoms with Gasteiger partial charge in [-0.05, 0) is 31.5 Å². The fourth-order valence-corrected chi connectivity index (χ4v) is 2.93. The number of carbonyl (C=O) groups excluding carboxylic acids is 1. The molecular weight excluding hydrogens is 258 g/mol. The van der Waals surface area contributed by atoms with Gasteiger partial charge in [0.2, 0.25) is 5.91 Å². The van der Waals surface area contributed by atoms with Gasteiger partial charge >= 0.3 is 0 Å². The van der Waals surface area contributed by atoms with E-state index >= 15 is 0 Å². The maximum Gasteiger partial charge on any atom is 0.274 e. The van der Waals surface area contributed by atoms with E-state index in [1.54, 1.807) is 17.0 Å². The van der Waals surface area contributed by atoms with Gasteiger partial charge in [-0.15, -0.1) is 0 Å². The van der Waals surface area contributed by atoms with Crippen LogP contribution in [0.2, 0.25) is 0 Å². The lowest BCUT2D eigenvalue weighted by Crippen LogP contribution is -2.50. The first kappa shape index (κ1) is 13.1. The number of anilines is 1. The van der Waals surface area contributed by atoms with Gasteiger partial charge in [-0.2, -0.15) is 0 Å². The van der Waals surface area contributed by atoms with Crippen molar-refractivity contribution in [1.29, 1.82) is 0 Å². The molecule has 1 aromatic rings. The lowest BCUT2D eigenvalue weighted by molar-refractivity contribution is -0.385. The van der Waals surface area contributed by atoms with Gasteiger partial charge in [-0.25, -0.2) is 0 Å². The van der Waals surface area contributed by atoms with Crippen molar-refractivity contribution in [2.24, 2.45) is 11.8 Å². The summed E-state index contributed by atoms with van der Waals surface area (Å²) >= 11 is 0. The summed E-state index contributed by atoms with van der Waals surface area (Å²) in [6.07, 6.45) is 0.563. The molecule has 2 aliphatic rings. The maximum atomic E-state index is 12.6. The number of nitro groups is 1. The Morgan fingerprint density at radius 1 is 1.50 bits per heavy atom. The number of benzene rings is 1. The Morgan fingerprint density at radius 3 is 2.85 bits per heavy atom. The SMILES string of the molecule is CC(C(=O)N1CCc2c1cccc2[N+](=O)[O-])C1CNC1. The van der Waals surface area contributed by atoms with Crippen molar-refractivity contribution in [2.75, 3.05) is 24.5 Å². The molecule has 20 heavy (non-hydrogen) atoms. The van der Waals surface area contributed by atoms with E-state index in [4.69, 9.17) is 0 Å². The van der Waals surface area contributed by atoms with Gasteiger partial charge in [0.25, 0.3) is 5.69 Å². The standard InChI is InChI=1S/C14H17N3O3/c1-9(10-7-15-8-10)14(18)16-6-5-11-12(16)3-2-4-13(11)17(19)20/h2-4,9-10,15H,5-8H2,1H3. The molecule has 1 atom stereocenters. The molecule has 2 aliphatic heterocycles. The number of amides is 1. The van der Waals surface area contributed by atoms with Gasteiger partial charge in [-0.1, -0.05) is 13.0 Å². The summed E-state index contributed by atoms with van der Waals surface area (Å²) in [6.45, 7) is 4.25. The van der Waals surface area contributed by atoms with Gasteiger partial charge in [0.05, 0.1) is 16.2 Å². The molecule has 0 aliphatic carbocycles. The van der Waals surface area contributed by atoms with Gasteiger partial charge in [-0.3, -0.25) is 14.9 Å². The minimum absolute atomic E-state index is 0.0403. The molecule has 3 rings (SSSR count). The summed E-state index contributed by atoms with van der Waals surface area (Å²) < 4.78 is 0. The van der Waals surface area contributed by atoms with E-state index in [9.17, 15) is 14.9 Å². The molecule has 0 saturated carbocycles. The minimum Gasteiger partial charge on any atom is -0.316 e. The third-order valence-electron chi connectivity index (χ3n) is 4.38. The molecule has 6 nitrogen and oxygen atoms in total. The third kappa shape index (κ3) is 1.96. The molecule has 1 unspecified atom stereocenters. The van der Waals surface area contributed by atoms with Crippen molar-refractivity contribution >= 4 is 17.3 Å². The van der Waals surface area contributed by atoms with Crippen LogP contribution >= 0.6 is 0 Å². The summed E-state index contributed by atoms with van der Waals surface area (Å²) in [4.78, 5) is 24.9. The number of nitrogens with one attached hydrogen (secondary N) is 1. The van der Waals surface area contributed by atoms with Crippen LogP contribution in [0.1, 0.15) is 12.5 Å². The van der Waals surface area contributed by atoms with Crippen molar-refractivity contribution < 1.29 is 9.72 Å². The second kappa shape index (κ2) is 4.86. The predicted molar refractivity (Wildman–Crippen MR) is 74.7 cm³/mol. The van der Waals surface area contributed by atoms with Crippen LogP contribution in [0.5, 0.6) is 0 Å². The molecule has 1 fully saturated rings. The topological polar surface area (TPSA) is 75.5 Å². The number of nitrogens with zero attached hydrogens (tertiary/aromatic N) is 2. The first-order valence-corrected chi connectivity index (χ1v) is 6.88. The Labute approximate surface area is 116 Å². The number of hydrogen-bond acceptors (Lipinski definition) is 4. The van der Waals surface area contributed by atoms with Crippen LogP contribution in [-0.2, 0) is 11.2 Å². The summed E-state index contributed by atoms with van der Waals surface area (Å²) in [6, 6.07) is 4.96. The second-order valence-electron chi connectivity index (χ2n) is 5.48. The molecule has 0 radical (unpaired) electrons. The highest BCUT2D eigenvalue weighted by Gasteiger charge is 2.36. The van der Waals surface area contributed by atoms with E-state index in [0.29, 0.717) is 30.1 Å². The average Bonchev–Trinajstić information content (AvgIpc) is 2.78. The van der Waals surface area contributed by atoms with Crippen LogP contribution in [-0.4, -0.2) is 30.5 Å². The third-order valence-corrected chi connectivity index (χ3v) is 4.38. The van der Waals surface area contributed by atoms with Crippen LogP contribution in [0.3, 0.4) is 0 Å². The first-order valence-electron chi connectivity index (χ1n) is 6.88. The largest absolute Gasteiger partial charge is 0.316 e. The van der Waals surface area contributed by atoms with E-state index in [1.807, 2.05) is 6.92 Å². The van der Waals surface area contributed by atoms with Crippen molar-refractivity contribution in [2.45, 2.75) is 13.3 Å². The van der Waals surface area contributed by atoms with E-state index in [1.165, 1.54) is 6.07 Å². The molecule has 0 spiro atoms. The Bertz CT molecular complexity index is 569. The van der Waals surface area contributed by atoms with Gasteiger partial charge in [0, 0.05) is 18.5 Å². The molecule has 1 N–H and O–H groups in total. The number of nitro benzene ring substituents is 1. The predicted octanol–water partition coefficient (Wildman–Crippen LogP) is 1.34. The number of rotatable bonds is 3. The number of hydrogen-bond donors (Lipinski definition) is 1. The maximum absolute atomic E-state index is 12.6. The van der Waals surface area contributed by atoms with Crippen LogP contribution in [0, 0.1) is 22.0 Å². The zero-order valence-corrected chi connectivity index (χ0v) is 11.3. The molecule has 1 amide bonds. The summed E-state index contributed by atoms with van der Waals surface area (Å²) in [5, 5.41) is 14.2. The highest BCUT2D eigenvalue weighted by Crippen LogP contribution is 2.36. The van der Waals surface area contributed by atoms with Crippen molar-refractivity contribution in [1.82, 2.24) is 5.32 Å². The summed E-state index contributed by atoms with van der Waals surface area (Å²) in [7, 11) is 0. The average molecular weight is 275 g/mol. The molecular formula is C14H17N3O3. The second-order valence-corrected chi connectivity index (χ2v) is 5.48. The molecule has 1 saturated heterocycles. The zero-order valence-electron chi connectivity index (χ0n) is 11.3. The summed E-state index contributed by atoms with van der Waals surface area (Å²) in [5.74, 6) is 0.419. The lowest BCUT2D eigenvalue weighted by Gasteiger charge is -2.34. The van der Waals surface area contributed by atoms with E-state index in [2.05, 4.69) is 5.32 Å². The van der Waals surface area contributed by atoms with Crippen LogP contribution < -0.4 is 10.2 Å². The van der Waals surface area contributed by atoms with Crippen LogP contribution in [0.4, 0.5) is 11.4 Å². The van der Waals surface area contributed by atoms with Crippen molar-refractivity contribution in [3.63, 3.8) is 0 Å². The molecule has 0 bridgehead atoms. The van der Waals surface area contributed by atoms with Crippen LogP contribution in [0.15, 0.2) is 18.2 Å². The minimum atomic E-state index is -0.369. The van der Waals surface area contributed by atoms with Crippen molar-refractivity contribution in [3.05, 3.63) is 33.9 Å². The molecule has 2 heterocycles. The van der Waals surface area contributed by atoms with Crippen molar-refractivity contribution in [3.8, 4) is 0 Å². The lowest BCUT2D eigenvalue weighted by atomic mass is 9.88. The Morgan fingerprint density at radius 2 is 2.25 bits per heavy atom. The molecule has 1 aromatic carbocycles. The molecule has 6 heteroatoms. The van der Waals surface area contributed by atoms with Gasteiger partial charge in [0.1, 0.15) is 0 Å². The number of carbonyl (C=O) groups is 1. The van der Waals surface area contributed by atoms with Gasteiger partial charge < -0.3 is 10.2 Å². The summed E-state index contributed by atoms with van der Waals surface area (Å²) in [5.41, 5.74) is 1.52. The van der Waals surface area contributed by atoms with E-state index < -0.39 is 0 Å². The highest BCUT2D eigenvalue weighted by molar-refractivity contribution is 5.97. The smallest absolute Gasteiger partial charge is 0.274 e. The Hall–Kier alpha value is -1.95. The normalized spacial score (nSPS) is 19.4. The monoisotopic (exact) mass is 275 g/mol. The fourth-order valence-electron chi connectivity index (χ4n) is 2.93. The van der Waals surface area contributed by atoms with Gasteiger partial charge in [0.15, 0.2) is 0 Å². The Kier molecular flexibility index (Phi) is 3.17. The Balaban J connectivity index is 1.87. The zero-order chi connectivity index (χ0) is 14.3. The van der Waals surface area contributed by atoms with Crippen LogP contribution in [0.25, 0.3) is 0 Å². The van der Waals surface area contributed by atoms with E-state index in [0.717, 1.165) is 13.1 Å². The quantitative estimate of drug-likeness (QED) is 0.667. The van der Waals surface area contributed by atoms with E-state index in [-0.39, 0.29) is 22.4 Å². The molecule has 106 valence electrons.